The molecule has 3 amide bonds. The summed E-state index contributed by atoms with van der Waals surface area (Å²) in [5, 5.41) is 5.85. The van der Waals surface area contributed by atoms with Gasteiger partial charge in [0.15, 0.2) is 5.96 Å². The van der Waals surface area contributed by atoms with E-state index in [4.69, 9.17) is 4.74 Å². The van der Waals surface area contributed by atoms with Gasteiger partial charge in [-0.3, -0.25) is 19.6 Å². The molecule has 3 saturated heterocycles. The Morgan fingerprint density at radius 3 is 2.80 bits per heavy atom. The fourth-order valence-corrected chi connectivity index (χ4v) is 3.54. The van der Waals surface area contributed by atoms with Crippen molar-refractivity contribution in [2.45, 2.75) is 19.4 Å². The normalized spacial score (nSPS) is 25.6. The predicted molar refractivity (Wildman–Crippen MR) is 93.5 cm³/mol. The number of carbonyl (C=O) groups excluding carboxylic acids is 2. The highest BCUT2D eigenvalue weighted by molar-refractivity contribution is 6.01. The summed E-state index contributed by atoms with van der Waals surface area (Å²) < 4.78 is 5.44. The van der Waals surface area contributed by atoms with E-state index in [-0.39, 0.29) is 18.5 Å². The molecule has 3 fully saturated rings. The van der Waals surface area contributed by atoms with Gasteiger partial charge in [-0.15, -0.1) is 0 Å². The Morgan fingerprint density at radius 2 is 2.12 bits per heavy atom. The van der Waals surface area contributed by atoms with Gasteiger partial charge in [-0.25, -0.2) is 4.79 Å². The van der Waals surface area contributed by atoms with Crippen LogP contribution in [0.5, 0.6) is 0 Å². The third-order valence-electron chi connectivity index (χ3n) is 4.88. The van der Waals surface area contributed by atoms with Crippen LogP contribution < -0.4 is 10.6 Å². The van der Waals surface area contributed by atoms with Gasteiger partial charge in [0.05, 0.1) is 32.8 Å². The molecule has 3 aliphatic heterocycles. The van der Waals surface area contributed by atoms with Crippen LogP contribution >= 0.6 is 0 Å². The summed E-state index contributed by atoms with van der Waals surface area (Å²) >= 11 is 0. The maximum Gasteiger partial charge on any atom is 0.324 e. The number of hydrogen-bond acceptors (Lipinski definition) is 5. The number of amides is 3. The number of rotatable bonds is 5. The first-order valence-corrected chi connectivity index (χ1v) is 9.12. The smallest absolute Gasteiger partial charge is 0.324 e. The van der Waals surface area contributed by atoms with Crippen molar-refractivity contribution in [1.82, 2.24) is 25.3 Å². The number of hydrogen-bond donors (Lipinski definition) is 2. The van der Waals surface area contributed by atoms with Crippen LogP contribution in [0.4, 0.5) is 4.79 Å². The van der Waals surface area contributed by atoms with Crippen molar-refractivity contribution in [3.05, 3.63) is 0 Å². The fourth-order valence-electron chi connectivity index (χ4n) is 3.54. The molecule has 0 spiro atoms. The zero-order valence-corrected chi connectivity index (χ0v) is 14.9. The Hall–Kier alpha value is -1.87. The van der Waals surface area contributed by atoms with E-state index in [0.29, 0.717) is 19.1 Å². The second kappa shape index (κ2) is 8.48. The molecule has 3 heterocycles. The van der Waals surface area contributed by atoms with Crippen LogP contribution in [-0.2, 0) is 9.53 Å². The molecule has 9 heteroatoms. The fraction of sp³-hybridized carbons (Fsp3) is 0.812. The molecule has 3 aliphatic rings. The maximum absolute atomic E-state index is 11.6. The minimum Gasteiger partial charge on any atom is -0.379 e. The summed E-state index contributed by atoms with van der Waals surface area (Å²) in [6.45, 7) is 9.22. The van der Waals surface area contributed by atoms with Crippen LogP contribution in [0.2, 0.25) is 0 Å². The lowest BCUT2D eigenvalue weighted by Gasteiger charge is -2.32. The monoisotopic (exact) mass is 352 g/mol. The first kappa shape index (κ1) is 17.9. The van der Waals surface area contributed by atoms with E-state index in [1.165, 1.54) is 4.90 Å². The van der Waals surface area contributed by atoms with Crippen molar-refractivity contribution < 1.29 is 14.3 Å². The minimum absolute atomic E-state index is 0.0932. The number of likely N-dealkylation sites (tertiary alicyclic amines) is 1. The van der Waals surface area contributed by atoms with E-state index in [9.17, 15) is 9.59 Å². The van der Waals surface area contributed by atoms with Crippen LogP contribution in [0.15, 0.2) is 4.99 Å². The van der Waals surface area contributed by atoms with E-state index in [2.05, 4.69) is 25.4 Å². The van der Waals surface area contributed by atoms with Gasteiger partial charge in [0, 0.05) is 38.8 Å². The van der Waals surface area contributed by atoms with Crippen molar-refractivity contribution in [3.8, 4) is 0 Å². The van der Waals surface area contributed by atoms with Crippen LogP contribution in [0.1, 0.15) is 13.3 Å². The van der Waals surface area contributed by atoms with Gasteiger partial charge in [-0.2, -0.15) is 0 Å². The molecular formula is C16H28N6O3. The standard InChI is InChI=1S/C16H28N6O3/c1-2-17-15(18-4-6-22-14(23)11-19-16(22)24)21-5-3-13(12-21)20-7-9-25-10-8-20/h13H,2-12H2,1H3,(H,17,18)(H,19,24). The zero-order valence-electron chi connectivity index (χ0n) is 14.9. The van der Waals surface area contributed by atoms with Gasteiger partial charge in [-0.1, -0.05) is 0 Å². The van der Waals surface area contributed by atoms with Crippen molar-refractivity contribution in [1.29, 1.82) is 0 Å². The quantitative estimate of drug-likeness (QED) is 0.371. The number of nitrogens with zero attached hydrogens (tertiary/aromatic N) is 4. The summed E-state index contributed by atoms with van der Waals surface area (Å²) in [5.41, 5.74) is 0. The van der Waals surface area contributed by atoms with Crippen LogP contribution in [0, 0.1) is 0 Å². The van der Waals surface area contributed by atoms with Crippen molar-refractivity contribution in [3.63, 3.8) is 0 Å². The molecule has 0 saturated carbocycles. The van der Waals surface area contributed by atoms with Gasteiger partial charge in [0.2, 0.25) is 5.91 Å². The Kier molecular flexibility index (Phi) is 6.09. The molecule has 0 aromatic carbocycles. The van der Waals surface area contributed by atoms with E-state index in [0.717, 1.165) is 58.3 Å². The number of morpholine rings is 1. The molecule has 0 aromatic heterocycles. The van der Waals surface area contributed by atoms with Gasteiger partial charge < -0.3 is 20.3 Å². The third kappa shape index (κ3) is 4.40. The first-order valence-electron chi connectivity index (χ1n) is 9.12. The highest BCUT2D eigenvalue weighted by Crippen LogP contribution is 2.17. The molecule has 25 heavy (non-hydrogen) atoms. The Labute approximate surface area is 148 Å². The molecule has 2 N–H and O–H groups in total. The summed E-state index contributed by atoms with van der Waals surface area (Å²) in [6.07, 6.45) is 1.12. The number of nitrogens with one attached hydrogen (secondary N) is 2. The molecule has 1 atom stereocenters. The van der Waals surface area contributed by atoms with Gasteiger partial charge in [0.25, 0.3) is 0 Å². The Balaban J connectivity index is 1.53. The largest absolute Gasteiger partial charge is 0.379 e. The molecular weight excluding hydrogens is 324 g/mol. The lowest BCUT2D eigenvalue weighted by molar-refractivity contribution is -0.124. The first-order chi connectivity index (χ1) is 12.2. The average Bonchev–Trinajstić information content (AvgIpc) is 3.24. The molecule has 1 unspecified atom stereocenters. The average molecular weight is 352 g/mol. The van der Waals surface area contributed by atoms with E-state index >= 15 is 0 Å². The van der Waals surface area contributed by atoms with E-state index in [1.807, 2.05) is 6.92 Å². The lowest BCUT2D eigenvalue weighted by Crippen LogP contribution is -2.46. The second-order valence-electron chi connectivity index (χ2n) is 6.48. The van der Waals surface area contributed by atoms with Crippen LogP contribution in [-0.4, -0.2) is 104 Å². The lowest BCUT2D eigenvalue weighted by atomic mass is 10.2. The highest BCUT2D eigenvalue weighted by Gasteiger charge is 2.31. The van der Waals surface area contributed by atoms with E-state index < -0.39 is 0 Å². The molecule has 0 radical (unpaired) electrons. The van der Waals surface area contributed by atoms with Crippen LogP contribution in [0.3, 0.4) is 0 Å². The predicted octanol–water partition coefficient (Wildman–Crippen LogP) is -1.09. The highest BCUT2D eigenvalue weighted by atomic mass is 16.5. The molecule has 9 nitrogen and oxygen atoms in total. The molecule has 0 aliphatic carbocycles. The minimum atomic E-state index is -0.321. The molecule has 0 aromatic rings. The number of guanidine groups is 1. The summed E-state index contributed by atoms with van der Waals surface area (Å²) in [6, 6.07) is 0.220. The number of imide groups is 1. The SMILES string of the molecule is CCNC(=NCCN1C(=O)CNC1=O)N1CCC(N2CCOCC2)C1. The summed E-state index contributed by atoms with van der Waals surface area (Å²) in [5.74, 6) is 0.684. The molecule has 0 bridgehead atoms. The Morgan fingerprint density at radius 1 is 1.32 bits per heavy atom. The maximum atomic E-state index is 11.6. The molecule has 140 valence electrons. The van der Waals surface area contributed by atoms with Gasteiger partial charge >= 0.3 is 6.03 Å². The van der Waals surface area contributed by atoms with Gasteiger partial charge in [0.1, 0.15) is 0 Å². The van der Waals surface area contributed by atoms with Crippen molar-refractivity contribution >= 4 is 17.9 Å². The number of urea groups is 1. The van der Waals surface area contributed by atoms with Gasteiger partial charge in [-0.05, 0) is 13.3 Å². The number of carbonyl (C=O) groups is 2. The van der Waals surface area contributed by atoms with E-state index in [1.54, 1.807) is 0 Å². The third-order valence-corrected chi connectivity index (χ3v) is 4.88. The summed E-state index contributed by atoms with van der Waals surface area (Å²) in [4.78, 5) is 33.8. The van der Waals surface area contributed by atoms with Crippen molar-refractivity contribution in [2.75, 3.05) is 65.6 Å². The number of ether oxygens (including phenoxy) is 1. The zero-order chi connectivity index (χ0) is 17.6. The topological polar surface area (TPSA) is 89.5 Å². The Bertz CT molecular complexity index is 504. The number of aliphatic imine (C=N–C) groups is 1. The molecule has 3 rings (SSSR count). The summed E-state index contributed by atoms with van der Waals surface area (Å²) in [7, 11) is 0. The van der Waals surface area contributed by atoms with Crippen LogP contribution in [0.25, 0.3) is 0 Å². The second-order valence-corrected chi connectivity index (χ2v) is 6.48. The van der Waals surface area contributed by atoms with Crippen molar-refractivity contribution in [2.24, 2.45) is 4.99 Å².